The number of hydrogen-bond acceptors (Lipinski definition) is 3. The van der Waals surface area contributed by atoms with E-state index in [1.807, 2.05) is 60.7 Å². The Labute approximate surface area is 131 Å². The molecule has 4 nitrogen and oxygen atoms in total. The van der Waals surface area contributed by atoms with Crippen molar-refractivity contribution in [3.8, 4) is 0 Å². The molecule has 0 bridgehead atoms. The zero-order valence-electron chi connectivity index (χ0n) is 12.3. The second-order valence-corrected chi connectivity index (χ2v) is 7.02. The lowest BCUT2D eigenvalue weighted by molar-refractivity contribution is 0.472. The van der Waals surface area contributed by atoms with Crippen molar-refractivity contribution in [2.45, 2.75) is 24.8 Å². The maximum absolute atomic E-state index is 10.9. The van der Waals surface area contributed by atoms with Crippen LogP contribution in [-0.4, -0.2) is 24.8 Å². The van der Waals surface area contributed by atoms with Gasteiger partial charge in [0.1, 0.15) is 0 Å². The number of nitrogens with two attached hydrogens (primary N) is 1. The third-order valence-electron chi connectivity index (χ3n) is 3.69. The molecule has 0 spiro atoms. The third-order valence-corrected chi connectivity index (χ3v) is 4.44. The summed E-state index contributed by atoms with van der Waals surface area (Å²) in [5.41, 5.74) is 8.38. The van der Waals surface area contributed by atoms with Gasteiger partial charge in [0.25, 0.3) is 10.1 Å². The fraction of sp³-hybridized carbons (Fsp3) is 0.294. The molecule has 2 rings (SSSR count). The molecule has 0 aliphatic carbocycles. The van der Waals surface area contributed by atoms with Gasteiger partial charge in [-0.25, -0.2) is 0 Å². The largest absolute Gasteiger partial charge is 0.328 e. The molecule has 0 amide bonds. The van der Waals surface area contributed by atoms with Gasteiger partial charge in [-0.05, 0) is 24.0 Å². The lowest BCUT2D eigenvalue weighted by Gasteiger charge is -2.22. The minimum absolute atomic E-state index is 0.110. The summed E-state index contributed by atoms with van der Waals surface area (Å²) in [6, 6.07) is 19.7. The van der Waals surface area contributed by atoms with Crippen LogP contribution in [0.1, 0.15) is 29.9 Å². The molecular formula is C17H21NO3S. The van der Waals surface area contributed by atoms with Gasteiger partial charge >= 0.3 is 0 Å². The summed E-state index contributed by atoms with van der Waals surface area (Å²) in [4.78, 5) is 0. The van der Waals surface area contributed by atoms with Crippen molar-refractivity contribution in [1.29, 1.82) is 0 Å². The van der Waals surface area contributed by atoms with E-state index in [-0.39, 0.29) is 24.1 Å². The molecule has 1 atom stereocenters. The van der Waals surface area contributed by atoms with E-state index in [2.05, 4.69) is 0 Å². The first-order valence-corrected chi connectivity index (χ1v) is 8.87. The van der Waals surface area contributed by atoms with Crippen molar-refractivity contribution >= 4 is 10.1 Å². The van der Waals surface area contributed by atoms with Gasteiger partial charge < -0.3 is 5.73 Å². The Balaban J connectivity index is 2.16. The van der Waals surface area contributed by atoms with Crippen LogP contribution in [0.25, 0.3) is 0 Å². The van der Waals surface area contributed by atoms with E-state index in [1.165, 1.54) is 0 Å². The van der Waals surface area contributed by atoms with Crippen LogP contribution in [0.15, 0.2) is 60.7 Å². The predicted molar refractivity (Wildman–Crippen MR) is 88.4 cm³/mol. The maximum atomic E-state index is 10.9. The Hall–Kier alpha value is -1.69. The summed E-state index contributed by atoms with van der Waals surface area (Å²) in [5.74, 6) is -0.191. The lowest BCUT2D eigenvalue weighted by Crippen LogP contribution is -2.26. The van der Waals surface area contributed by atoms with Crippen molar-refractivity contribution in [3.05, 3.63) is 71.8 Å². The molecule has 0 aliphatic heterocycles. The molecule has 22 heavy (non-hydrogen) atoms. The predicted octanol–water partition coefficient (Wildman–Crippen LogP) is 2.81. The molecule has 0 radical (unpaired) electrons. The van der Waals surface area contributed by atoms with Crippen molar-refractivity contribution < 1.29 is 13.0 Å². The first kappa shape index (κ1) is 16.7. The zero-order chi connectivity index (χ0) is 16.0. The van der Waals surface area contributed by atoms with Gasteiger partial charge in [0.2, 0.25) is 0 Å². The van der Waals surface area contributed by atoms with Gasteiger partial charge in [0.05, 0.1) is 5.75 Å². The second-order valence-electron chi connectivity index (χ2n) is 5.44. The van der Waals surface area contributed by atoms with E-state index in [0.717, 1.165) is 11.1 Å². The average molecular weight is 319 g/mol. The van der Waals surface area contributed by atoms with Crippen LogP contribution in [0.4, 0.5) is 0 Å². The molecule has 3 N–H and O–H groups in total. The van der Waals surface area contributed by atoms with E-state index < -0.39 is 10.1 Å². The van der Waals surface area contributed by atoms with E-state index >= 15 is 0 Å². The van der Waals surface area contributed by atoms with E-state index in [4.69, 9.17) is 10.3 Å². The summed E-state index contributed by atoms with van der Waals surface area (Å²) in [5, 5.41) is 0. The maximum Gasteiger partial charge on any atom is 0.264 e. The molecule has 1 unspecified atom stereocenters. The van der Waals surface area contributed by atoms with Crippen LogP contribution in [0.5, 0.6) is 0 Å². The standard InChI is InChI=1S/C17H21NO3S/c18-16(11-12-22(19,20)21)13-17(14-7-3-1-4-8-14)15-9-5-2-6-10-15/h1-10,16-17H,11-13,18H2,(H,19,20,21). The Kier molecular flexibility index (Phi) is 5.71. The number of rotatable bonds is 7. The van der Waals surface area contributed by atoms with Crippen molar-refractivity contribution in [2.24, 2.45) is 5.73 Å². The smallest absolute Gasteiger partial charge is 0.264 e. The van der Waals surface area contributed by atoms with Crippen LogP contribution in [-0.2, 0) is 10.1 Å². The van der Waals surface area contributed by atoms with Crippen molar-refractivity contribution in [1.82, 2.24) is 0 Å². The molecule has 5 heteroatoms. The normalized spacial score (nSPS) is 13.2. The van der Waals surface area contributed by atoms with Crippen LogP contribution in [0.2, 0.25) is 0 Å². The van der Waals surface area contributed by atoms with Crippen LogP contribution in [0.3, 0.4) is 0 Å². The van der Waals surface area contributed by atoms with Gasteiger partial charge in [0, 0.05) is 12.0 Å². The van der Waals surface area contributed by atoms with Gasteiger partial charge in [-0.3, -0.25) is 4.55 Å². The topological polar surface area (TPSA) is 80.4 Å². The number of hydrogen-bond donors (Lipinski definition) is 2. The van der Waals surface area contributed by atoms with Crippen LogP contribution < -0.4 is 5.73 Å². The molecule has 2 aromatic carbocycles. The van der Waals surface area contributed by atoms with Crippen LogP contribution >= 0.6 is 0 Å². The summed E-state index contributed by atoms with van der Waals surface area (Å²) in [6.45, 7) is 0. The monoisotopic (exact) mass is 319 g/mol. The fourth-order valence-electron chi connectivity index (χ4n) is 2.56. The summed E-state index contributed by atoms with van der Waals surface area (Å²) in [7, 11) is -3.96. The summed E-state index contributed by atoms with van der Waals surface area (Å²) >= 11 is 0. The van der Waals surface area contributed by atoms with Crippen molar-refractivity contribution in [2.75, 3.05) is 5.75 Å². The van der Waals surface area contributed by atoms with Crippen molar-refractivity contribution in [3.63, 3.8) is 0 Å². The quantitative estimate of drug-likeness (QED) is 0.769. The first-order valence-electron chi connectivity index (χ1n) is 7.26. The van der Waals surface area contributed by atoms with E-state index in [9.17, 15) is 8.42 Å². The fourth-order valence-corrected chi connectivity index (χ4v) is 3.16. The SMILES string of the molecule is NC(CCS(=O)(=O)O)CC(c1ccccc1)c1ccccc1. The second kappa shape index (κ2) is 7.54. The molecule has 0 fully saturated rings. The molecule has 118 valence electrons. The molecular weight excluding hydrogens is 298 g/mol. The van der Waals surface area contributed by atoms with Gasteiger partial charge in [-0.1, -0.05) is 60.7 Å². The minimum atomic E-state index is -3.96. The Morgan fingerprint density at radius 2 is 1.36 bits per heavy atom. The highest BCUT2D eigenvalue weighted by molar-refractivity contribution is 7.85. The Bertz CT molecular complexity index is 632. The molecule has 0 aliphatic rings. The third kappa shape index (κ3) is 5.26. The Morgan fingerprint density at radius 3 is 1.77 bits per heavy atom. The van der Waals surface area contributed by atoms with E-state index in [0.29, 0.717) is 6.42 Å². The van der Waals surface area contributed by atoms with E-state index in [1.54, 1.807) is 0 Å². The zero-order valence-corrected chi connectivity index (χ0v) is 13.1. The highest BCUT2D eigenvalue weighted by Crippen LogP contribution is 2.29. The highest BCUT2D eigenvalue weighted by atomic mass is 32.2. The highest BCUT2D eigenvalue weighted by Gasteiger charge is 2.19. The van der Waals surface area contributed by atoms with Gasteiger partial charge in [-0.15, -0.1) is 0 Å². The molecule has 0 saturated carbocycles. The minimum Gasteiger partial charge on any atom is -0.328 e. The first-order chi connectivity index (χ1) is 10.5. The summed E-state index contributed by atoms with van der Waals surface area (Å²) < 4.78 is 30.6. The average Bonchev–Trinajstić information content (AvgIpc) is 2.52. The van der Waals surface area contributed by atoms with Gasteiger partial charge in [0.15, 0.2) is 0 Å². The van der Waals surface area contributed by atoms with Crippen LogP contribution in [0, 0.1) is 0 Å². The summed E-state index contributed by atoms with van der Waals surface area (Å²) in [6.07, 6.45) is 0.874. The molecule has 0 aromatic heterocycles. The lowest BCUT2D eigenvalue weighted by atomic mass is 9.85. The molecule has 2 aromatic rings. The number of benzene rings is 2. The molecule has 0 saturated heterocycles. The van der Waals surface area contributed by atoms with Gasteiger partial charge in [-0.2, -0.15) is 8.42 Å². The Morgan fingerprint density at radius 1 is 0.909 bits per heavy atom. The molecule has 0 heterocycles.